The predicted octanol–water partition coefficient (Wildman–Crippen LogP) is 3.01. The van der Waals surface area contributed by atoms with Crippen molar-refractivity contribution in [1.82, 2.24) is 14.8 Å². The van der Waals surface area contributed by atoms with Crippen LogP contribution in [-0.2, 0) is 16.1 Å². The third kappa shape index (κ3) is 4.99. The standard InChI is InChI=1S/C21H26N4O2S2/c1-16-22-17(15-29-16)14-23-8-10-24(11-9-23)20(26)6-7-21(27)25-12-13-28-19-5-3-2-4-18(19)25/h2-5,15H,6-14H2,1H3. The SMILES string of the molecule is Cc1nc(CN2CCN(C(=O)CCC(=O)N3CCSc4ccccc43)CC2)cs1. The van der Waals surface area contributed by atoms with Crippen LogP contribution in [0.5, 0.6) is 0 Å². The summed E-state index contributed by atoms with van der Waals surface area (Å²) < 4.78 is 0. The van der Waals surface area contributed by atoms with Crippen molar-refractivity contribution in [1.29, 1.82) is 0 Å². The van der Waals surface area contributed by atoms with Gasteiger partial charge in [-0.3, -0.25) is 14.5 Å². The van der Waals surface area contributed by atoms with Gasteiger partial charge in [-0.15, -0.1) is 23.1 Å². The van der Waals surface area contributed by atoms with Crippen molar-refractivity contribution in [3.63, 3.8) is 0 Å². The summed E-state index contributed by atoms with van der Waals surface area (Å²) in [5.41, 5.74) is 2.09. The van der Waals surface area contributed by atoms with Gasteiger partial charge in [-0.25, -0.2) is 4.98 Å². The zero-order valence-electron chi connectivity index (χ0n) is 16.7. The number of amides is 2. The van der Waals surface area contributed by atoms with Crippen LogP contribution < -0.4 is 4.90 Å². The molecule has 0 bridgehead atoms. The third-order valence-corrected chi connectivity index (χ3v) is 7.22. The molecule has 0 radical (unpaired) electrons. The molecule has 6 nitrogen and oxygen atoms in total. The van der Waals surface area contributed by atoms with Crippen LogP contribution >= 0.6 is 23.1 Å². The number of aromatic nitrogens is 1. The number of rotatable bonds is 5. The summed E-state index contributed by atoms with van der Waals surface area (Å²) in [6.07, 6.45) is 0.562. The van der Waals surface area contributed by atoms with Crippen LogP contribution in [0.15, 0.2) is 34.5 Å². The minimum absolute atomic E-state index is 0.0450. The highest BCUT2D eigenvalue weighted by molar-refractivity contribution is 7.99. The summed E-state index contributed by atoms with van der Waals surface area (Å²) in [6.45, 7) is 6.73. The molecule has 1 fully saturated rings. The van der Waals surface area contributed by atoms with Crippen molar-refractivity contribution in [3.8, 4) is 0 Å². The number of carbonyl (C=O) groups is 2. The average molecular weight is 431 g/mol. The Balaban J connectivity index is 1.24. The first-order chi connectivity index (χ1) is 14.1. The summed E-state index contributed by atoms with van der Waals surface area (Å²) in [4.78, 5) is 37.1. The molecule has 2 amide bonds. The Hall–Kier alpha value is -1.90. The fraction of sp³-hybridized carbons (Fsp3) is 0.476. The summed E-state index contributed by atoms with van der Waals surface area (Å²) in [7, 11) is 0. The lowest BCUT2D eigenvalue weighted by molar-refractivity contribution is -0.134. The molecule has 3 heterocycles. The van der Waals surface area contributed by atoms with Crippen LogP contribution in [0.1, 0.15) is 23.5 Å². The van der Waals surface area contributed by atoms with E-state index in [2.05, 4.69) is 21.3 Å². The van der Waals surface area contributed by atoms with Crippen LogP contribution in [0.4, 0.5) is 5.69 Å². The molecule has 0 aliphatic carbocycles. The van der Waals surface area contributed by atoms with Crippen LogP contribution in [0.3, 0.4) is 0 Å². The molecule has 2 aliphatic heterocycles. The van der Waals surface area contributed by atoms with Gasteiger partial charge in [0.2, 0.25) is 11.8 Å². The summed E-state index contributed by atoms with van der Waals surface area (Å²) in [6, 6.07) is 8.00. The minimum Gasteiger partial charge on any atom is -0.340 e. The highest BCUT2D eigenvalue weighted by atomic mass is 32.2. The number of fused-ring (bicyclic) bond motifs is 1. The van der Waals surface area contributed by atoms with Gasteiger partial charge in [-0.05, 0) is 19.1 Å². The van der Waals surface area contributed by atoms with E-state index in [1.807, 2.05) is 34.9 Å². The van der Waals surface area contributed by atoms with E-state index in [-0.39, 0.29) is 24.7 Å². The number of para-hydroxylation sites is 1. The van der Waals surface area contributed by atoms with E-state index >= 15 is 0 Å². The van der Waals surface area contributed by atoms with E-state index in [1.54, 1.807) is 23.1 Å². The molecule has 0 saturated carbocycles. The Kier molecular flexibility index (Phi) is 6.52. The smallest absolute Gasteiger partial charge is 0.227 e. The van der Waals surface area contributed by atoms with Gasteiger partial charge >= 0.3 is 0 Å². The van der Waals surface area contributed by atoms with Crippen LogP contribution in [-0.4, -0.2) is 65.1 Å². The van der Waals surface area contributed by atoms with E-state index in [0.29, 0.717) is 6.54 Å². The zero-order chi connectivity index (χ0) is 20.2. The van der Waals surface area contributed by atoms with Gasteiger partial charge in [-0.2, -0.15) is 0 Å². The number of piperazine rings is 1. The number of anilines is 1. The van der Waals surface area contributed by atoms with Gasteiger partial charge in [0.05, 0.1) is 16.4 Å². The molecule has 154 valence electrons. The maximum atomic E-state index is 12.7. The van der Waals surface area contributed by atoms with Crippen LogP contribution in [0.25, 0.3) is 0 Å². The lowest BCUT2D eigenvalue weighted by Gasteiger charge is -2.34. The highest BCUT2D eigenvalue weighted by Gasteiger charge is 2.25. The van der Waals surface area contributed by atoms with Gasteiger partial charge in [0.15, 0.2) is 0 Å². The molecule has 2 aromatic rings. The maximum absolute atomic E-state index is 12.7. The quantitative estimate of drug-likeness (QED) is 0.730. The minimum atomic E-state index is 0.0450. The lowest BCUT2D eigenvalue weighted by atomic mass is 10.2. The molecule has 1 aromatic carbocycles. The zero-order valence-corrected chi connectivity index (χ0v) is 18.3. The van der Waals surface area contributed by atoms with E-state index < -0.39 is 0 Å². The second kappa shape index (κ2) is 9.28. The molecule has 4 rings (SSSR count). The monoisotopic (exact) mass is 430 g/mol. The highest BCUT2D eigenvalue weighted by Crippen LogP contribution is 2.34. The van der Waals surface area contributed by atoms with Gasteiger partial charge in [0, 0.05) is 68.1 Å². The Morgan fingerprint density at radius 1 is 1.03 bits per heavy atom. The number of thioether (sulfide) groups is 1. The second-order valence-corrected chi connectivity index (χ2v) is 9.58. The molecular formula is C21H26N4O2S2. The van der Waals surface area contributed by atoms with E-state index in [1.165, 1.54) is 0 Å². The Bertz CT molecular complexity index is 877. The van der Waals surface area contributed by atoms with Crippen LogP contribution in [0, 0.1) is 6.92 Å². The normalized spacial score (nSPS) is 17.3. The number of carbonyl (C=O) groups excluding carboxylic acids is 2. The van der Waals surface area contributed by atoms with Crippen molar-refractivity contribution in [2.45, 2.75) is 31.2 Å². The van der Waals surface area contributed by atoms with Gasteiger partial charge in [0.25, 0.3) is 0 Å². The predicted molar refractivity (Wildman–Crippen MR) is 117 cm³/mol. The van der Waals surface area contributed by atoms with Crippen molar-refractivity contribution in [2.24, 2.45) is 0 Å². The maximum Gasteiger partial charge on any atom is 0.227 e. The molecular weight excluding hydrogens is 404 g/mol. The number of aryl methyl sites for hydroxylation is 1. The summed E-state index contributed by atoms with van der Waals surface area (Å²) in [5.74, 6) is 1.03. The van der Waals surface area contributed by atoms with Crippen molar-refractivity contribution in [3.05, 3.63) is 40.3 Å². The largest absolute Gasteiger partial charge is 0.340 e. The Labute approximate surface area is 179 Å². The Morgan fingerprint density at radius 2 is 1.79 bits per heavy atom. The van der Waals surface area contributed by atoms with Gasteiger partial charge in [-0.1, -0.05) is 12.1 Å². The van der Waals surface area contributed by atoms with Crippen molar-refractivity contribution < 1.29 is 9.59 Å². The number of thiazole rings is 1. The molecule has 0 atom stereocenters. The molecule has 0 N–H and O–H groups in total. The molecule has 0 unspecified atom stereocenters. The fourth-order valence-corrected chi connectivity index (χ4v) is 5.40. The Morgan fingerprint density at radius 3 is 2.55 bits per heavy atom. The van der Waals surface area contributed by atoms with Crippen molar-refractivity contribution in [2.75, 3.05) is 43.4 Å². The second-order valence-electron chi connectivity index (χ2n) is 7.38. The van der Waals surface area contributed by atoms with Gasteiger partial charge < -0.3 is 9.80 Å². The number of nitrogens with zero attached hydrogens (tertiary/aromatic N) is 4. The van der Waals surface area contributed by atoms with E-state index in [4.69, 9.17) is 0 Å². The first kappa shape index (κ1) is 20.4. The average Bonchev–Trinajstić information content (AvgIpc) is 3.16. The molecule has 29 heavy (non-hydrogen) atoms. The first-order valence-electron chi connectivity index (χ1n) is 10.0. The van der Waals surface area contributed by atoms with Gasteiger partial charge in [0.1, 0.15) is 0 Å². The van der Waals surface area contributed by atoms with E-state index in [0.717, 1.165) is 59.8 Å². The number of hydrogen-bond donors (Lipinski definition) is 0. The molecule has 2 aliphatic rings. The lowest BCUT2D eigenvalue weighted by Crippen LogP contribution is -2.48. The topological polar surface area (TPSA) is 56.8 Å². The number of hydrogen-bond acceptors (Lipinski definition) is 6. The first-order valence-corrected chi connectivity index (χ1v) is 11.9. The molecule has 0 spiro atoms. The summed E-state index contributed by atoms with van der Waals surface area (Å²) >= 11 is 3.46. The molecule has 8 heteroatoms. The van der Waals surface area contributed by atoms with Crippen LogP contribution in [0.2, 0.25) is 0 Å². The molecule has 1 saturated heterocycles. The summed E-state index contributed by atoms with van der Waals surface area (Å²) in [5, 5.41) is 3.20. The van der Waals surface area contributed by atoms with E-state index in [9.17, 15) is 9.59 Å². The third-order valence-electron chi connectivity index (χ3n) is 5.36. The molecule has 1 aromatic heterocycles. The van der Waals surface area contributed by atoms with Crippen molar-refractivity contribution >= 4 is 40.6 Å². The fourth-order valence-electron chi connectivity index (χ4n) is 3.80. The number of benzene rings is 1.